The minimum Gasteiger partial charge on any atom is -0.493 e. The van der Waals surface area contributed by atoms with Crippen LogP contribution in [0.15, 0.2) is 60.7 Å². The fourth-order valence-electron chi connectivity index (χ4n) is 3.72. The van der Waals surface area contributed by atoms with Crippen LogP contribution in [0.4, 0.5) is 11.5 Å². The summed E-state index contributed by atoms with van der Waals surface area (Å²) in [4.78, 5) is 15.3. The normalized spacial score (nSPS) is 10.6. The van der Waals surface area contributed by atoms with E-state index in [1.165, 1.54) is 0 Å². The number of carbonyl (C=O) groups is 1. The Kier molecular flexibility index (Phi) is 5.89. The lowest BCUT2D eigenvalue weighted by molar-refractivity contribution is 0.0963. The van der Waals surface area contributed by atoms with Gasteiger partial charge >= 0.3 is 0 Å². The Morgan fingerprint density at radius 3 is 2.16 bits per heavy atom. The van der Waals surface area contributed by atoms with Crippen molar-refractivity contribution in [3.8, 4) is 28.4 Å². The summed E-state index contributed by atoms with van der Waals surface area (Å²) in [6, 6.07) is 19.4. The summed E-state index contributed by atoms with van der Waals surface area (Å²) in [5.41, 5.74) is 4.48. The molecule has 7 nitrogen and oxygen atoms in total. The van der Waals surface area contributed by atoms with Crippen molar-refractivity contribution in [3.05, 3.63) is 66.2 Å². The van der Waals surface area contributed by atoms with E-state index >= 15 is 0 Å². The molecule has 3 N–H and O–H groups in total. The fourth-order valence-corrected chi connectivity index (χ4v) is 3.72. The molecule has 0 aliphatic heterocycles. The summed E-state index contributed by atoms with van der Waals surface area (Å²) < 4.78 is 16.3. The summed E-state index contributed by atoms with van der Waals surface area (Å²) in [5.74, 6) is 2.40. The van der Waals surface area contributed by atoms with E-state index in [1.807, 2.05) is 48.5 Å². The first kappa shape index (κ1) is 21.1. The third-order valence-corrected chi connectivity index (χ3v) is 5.29. The number of benzene rings is 3. The van der Waals surface area contributed by atoms with E-state index in [4.69, 9.17) is 14.2 Å². The second kappa shape index (κ2) is 8.93. The van der Waals surface area contributed by atoms with Crippen LogP contribution in [0.3, 0.4) is 0 Å². The number of rotatable bonds is 7. The molecular formula is C25H25N3O4. The Morgan fingerprint density at radius 1 is 0.875 bits per heavy atom. The van der Waals surface area contributed by atoms with Crippen LogP contribution in [0, 0.1) is 0 Å². The number of amides is 1. The highest BCUT2D eigenvalue weighted by molar-refractivity contribution is 5.98. The molecule has 0 unspecified atom stereocenters. The van der Waals surface area contributed by atoms with Crippen molar-refractivity contribution in [1.82, 2.24) is 10.3 Å². The Balaban J connectivity index is 1.69. The summed E-state index contributed by atoms with van der Waals surface area (Å²) in [6.45, 7) is 0. The number of hydrogen-bond acceptors (Lipinski definition) is 5. The van der Waals surface area contributed by atoms with Gasteiger partial charge in [-0.3, -0.25) is 4.79 Å². The molecule has 164 valence electrons. The number of fused-ring (bicyclic) bond motifs is 1. The summed E-state index contributed by atoms with van der Waals surface area (Å²) >= 11 is 0. The van der Waals surface area contributed by atoms with Crippen molar-refractivity contribution in [2.75, 3.05) is 33.7 Å². The van der Waals surface area contributed by atoms with Crippen LogP contribution in [0.1, 0.15) is 10.4 Å². The fraction of sp³-hybridized carbons (Fsp3) is 0.160. The molecule has 0 aliphatic rings. The van der Waals surface area contributed by atoms with E-state index in [0.717, 1.165) is 33.5 Å². The molecule has 7 heteroatoms. The van der Waals surface area contributed by atoms with Gasteiger partial charge in [0.1, 0.15) is 5.82 Å². The van der Waals surface area contributed by atoms with Crippen LogP contribution in [0.2, 0.25) is 0 Å². The standard InChI is InChI=1S/C25H25N3O4/c1-26-25(29)16-10-8-15(9-11-16)19-7-5-6-17-12-22(28-23(17)19)27-18-13-20(30-2)24(32-4)21(14-18)31-3/h5-14,27-28H,1-4H3,(H,26,29). The minimum absolute atomic E-state index is 0.105. The largest absolute Gasteiger partial charge is 0.493 e. The van der Waals surface area contributed by atoms with Gasteiger partial charge in [0.15, 0.2) is 11.5 Å². The van der Waals surface area contributed by atoms with E-state index in [0.29, 0.717) is 22.8 Å². The van der Waals surface area contributed by atoms with Gasteiger partial charge < -0.3 is 29.8 Å². The minimum atomic E-state index is -0.105. The van der Waals surface area contributed by atoms with Gasteiger partial charge in [0, 0.05) is 41.4 Å². The highest BCUT2D eigenvalue weighted by Gasteiger charge is 2.14. The number of aromatic amines is 1. The maximum Gasteiger partial charge on any atom is 0.251 e. The van der Waals surface area contributed by atoms with Crippen molar-refractivity contribution in [2.45, 2.75) is 0 Å². The first-order chi connectivity index (χ1) is 15.6. The number of ether oxygens (including phenoxy) is 3. The number of methoxy groups -OCH3 is 3. The first-order valence-corrected chi connectivity index (χ1v) is 10.1. The average Bonchev–Trinajstić information content (AvgIpc) is 3.25. The van der Waals surface area contributed by atoms with Gasteiger partial charge in [-0.25, -0.2) is 0 Å². The van der Waals surface area contributed by atoms with E-state index < -0.39 is 0 Å². The van der Waals surface area contributed by atoms with Gasteiger partial charge in [0.25, 0.3) is 5.91 Å². The zero-order valence-electron chi connectivity index (χ0n) is 18.4. The van der Waals surface area contributed by atoms with Crippen molar-refractivity contribution >= 4 is 28.3 Å². The van der Waals surface area contributed by atoms with Gasteiger partial charge in [-0.05, 0) is 23.8 Å². The van der Waals surface area contributed by atoms with E-state index in [-0.39, 0.29) is 5.91 Å². The smallest absolute Gasteiger partial charge is 0.251 e. The lowest BCUT2D eigenvalue weighted by Gasteiger charge is -2.14. The van der Waals surface area contributed by atoms with E-state index in [1.54, 1.807) is 28.4 Å². The highest BCUT2D eigenvalue weighted by Crippen LogP contribution is 2.41. The van der Waals surface area contributed by atoms with Crippen LogP contribution in [0.25, 0.3) is 22.0 Å². The number of nitrogens with one attached hydrogen (secondary N) is 3. The number of aromatic nitrogens is 1. The lowest BCUT2D eigenvalue weighted by atomic mass is 10.0. The van der Waals surface area contributed by atoms with Crippen molar-refractivity contribution in [3.63, 3.8) is 0 Å². The van der Waals surface area contributed by atoms with Gasteiger partial charge in [-0.2, -0.15) is 0 Å². The molecule has 0 saturated carbocycles. The Labute approximate surface area is 186 Å². The molecule has 0 saturated heterocycles. The van der Waals surface area contributed by atoms with E-state index in [2.05, 4.69) is 27.8 Å². The molecule has 0 aliphatic carbocycles. The van der Waals surface area contributed by atoms with Crippen LogP contribution in [0.5, 0.6) is 17.2 Å². The van der Waals surface area contributed by atoms with Gasteiger partial charge in [0.2, 0.25) is 5.75 Å². The maximum absolute atomic E-state index is 11.8. The second-order valence-corrected chi connectivity index (χ2v) is 7.15. The SMILES string of the molecule is CNC(=O)c1ccc(-c2cccc3cc(Nc4cc(OC)c(OC)c(OC)c4)[nH]c23)cc1. The Bertz CT molecular complexity index is 1240. The van der Waals surface area contributed by atoms with Crippen LogP contribution >= 0.6 is 0 Å². The molecule has 0 radical (unpaired) electrons. The molecular weight excluding hydrogens is 406 g/mol. The van der Waals surface area contributed by atoms with E-state index in [9.17, 15) is 4.79 Å². The second-order valence-electron chi connectivity index (χ2n) is 7.15. The van der Waals surface area contributed by atoms with Gasteiger partial charge in [-0.1, -0.05) is 30.3 Å². The summed E-state index contributed by atoms with van der Waals surface area (Å²) in [5, 5.41) is 7.08. The molecule has 4 aromatic rings. The number of hydrogen-bond donors (Lipinski definition) is 3. The third-order valence-electron chi connectivity index (χ3n) is 5.29. The Hall–Kier alpha value is -4.13. The van der Waals surface area contributed by atoms with Crippen LogP contribution in [-0.2, 0) is 0 Å². The molecule has 0 spiro atoms. The monoisotopic (exact) mass is 431 g/mol. The molecule has 1 aromatic heterocycles. The third kappa shape index (κ3) is 3.92. The first-order valence-electron chi connectivity index (χ1n) is 10.1. The number of para-hydroxylation sites is 1. The van der Waals surface area contributed by atoms with Crippen molar-refractivity contribution < 1.29 is 19.0 Å². The van der Waals surface area contributed by atoms with Gasteiger partial charge in [0.05, 0.1) is 26.8 Å². The molecule has 3 aromatic carbocycles. The molecule has 0 atom stereocenters. The molecule has 1 heterocycles. The predicted molar refractivity (Wildman–Crippen MR) is 127 cm³/mol. The molecule has 32 heavy (non-hydrogen) atoms. The molecule has 0 fully saturated rings. The topological polar surface area (TPSA) is 84.6 Å². The molecule has 0 bridgehead atoms. The molecule has 1 amide bonds. The molecule has 4 rings (SSSR count). The summed E-state index contributed by atoms with van der Waals surface area (Å²) in [6.07, 6.45) is 0. The van der Waals surface area contributed by atoms with Crippen molar-refractivity contribution in [1.29, 1.82) is 0 Å². The highest BCUT2D eigenvalue weighted by atomic mass is 16.5. The summed E-state index contributed by atoms with van der Waals surface area (Å²) in [7, 11) is 6.38. The van der Waals surface area contributed by atoms with Crippen LogP contribution in [-0.4, -0.2) is 39.3 Å². The predicted octanol–water partition coefficient (Wildman–Crippen LogP) is 4.96. The zero-order valence-corrected chi connectivity index (χ0v) is 18.4. The number of H-pyrrole nitrogens is 1. The Morgan fingerprint density at radius 2 is 1.56 bits per heavy atom. The van der Waals surface area contributed by atoms with Gasteiger partial charge in [-0.15, -0.1) is 0 Å². The quantitative estimate of drug-likeness (QED) is 0.385. The average molecular weight is 431 g/mol. The van der Waals surface area contributed by atoms with Crippen molar-refractivity contribution in [2.24, 2.45) is 0 Å². The number of anilines is 2. The van der Waals surface area contributed by atoms with Crippen LogP contribution < -0.4 is 24.8 Å². The zero-order chi connectivity index (χ0) is 22.7. The lowest BCUT2D eigenvalue weighted by Crippen LogP contribution is -2.17. The maximum atomic E-state index is 11.8. The number of carbonyl (C=O) groups excluding carboxylic acids is 1.